The summed E-state index contributed by atoms with van der Waals surface area (Å²) in [5.74, 6) is 0.136. The highest BCUT2D eigenvalue weighted by molar-refractivity contribution is 5.68. The Hall–Kier alpha value is -2.44. The SMILES string of the molecule is CC(C)n1cc(-c2nccnc2C2CCCN(C(=O)OC(C)(C)C)C2)cn1. The Bertz CT molecular complexity index is 794. The fourth-order valence-corrected chi connectivity index (χ4v) is 3.31. The predicted octanol–water partition coefficient (Wildman–Crippen LogP) is 4.04. The van der Waals surface area contributed by atoms with Crippen molar-refractivity contribution in [2.24, 2.45) is 0 Å². The second-order valence-corrected chi connectivity index (χ2v) is 8.36. The van der Waals surface area contributed by atoms with Crippen LogP contribution in [0.5, 0.6) is 0 Å². The van der Waals surface area contributed by atoms with Gasteiger partial charge in [-0.15, -0.1) is 0 Å². The van der Waals surface area contributed by atoms with Crippen LogP contribution in [0.15, 0.2) is 24.8 Å². The molecule has 3 rings (SSSR count). The van der Waals surface area contributed by atoms with E-state index in [0.29, 0.717) is 13.1 Å². The smallest absolute Gasteiger partial charge is 0.410 e. The number of hydrogen-bond acceptors (Lipinski definition) is 5. The van der Waals surface area contributed by atoms with Crippen molar-refractivity contribution in [3.05, 3.63) is 30.5 Å². The van der Waals surface area contributed by atoms with Crippen molar-refractivity contribution in [1.82, 2.24) is 24.6 Å². The molecule has 2 aromatic heterocycles. The third kappa shape index (κ3) is 4.64. The van der Waals surface area contributed by atoms with Gasteiger partial charge in [0, 0.05) is 49.2 Å². The molecule has 1 aliphatic rings. The molecule has 1 unspecified atom stereocenters. The molecule has 3 heterocycles. The quantitative estimate of drug-likeness (QED) is 0.814. The van der Waals surface area contributed by atoms with Crippen LogP contribution in [0.4, 0.5) is 4.79 Å². The summed E-state index contributed by atoms with van der Waals surface area (Å²) in [6.07, 6.45) is 8.91. The molecule has 0 aromatic carbocycles. The van der Waals surface area contributed by atoms with Crippen molar-refractivity contribution >= 4 is 6.09 Å². The summed E-state index contributed by atoms with van der Waals surface area (Å²) in [6.45, 7) is 11.2. The number of likely N-dealkylation sites (tertiary alicyclic amines) is 1. The molecule has 0 spiro atoms. The highest BCUT2D eigenvalue weighted by Crippen LogP contribution is 2.32. The van der Waals surface area contributed by atoms with E-state index >= 15 is 0 Å². The average Bonchev–Trinajstić information content (AvgIpc) is 3.11. The number of rotatable bonds is 3. The van der Waals surface area contributed by atoms with Crippen LogP contribution in [0.25, 0.3) is 11.3 Å². The second kappa shape index (κ2) is 7.66. The van der Waals surface area contributed by atoms with Crippen molar-refractivity contribution < 1.29 is 9.53 Å². The van der Waals surface area contributed by atoms with Crippen LogP contribution in [0.2, 0.25) is 0 Å². The van der Waals surface area contributed by atoms with Crippen LogP contribution in [-0.4, -0.2) is 49.4 Å². The molecule has 146 valence electrons. The highest BCUT2D eigenvalue weighted by Gasteiger charge is 2.30. The zero-order chi connectivity index (χ0) is 19.6. The maximum atomic E-state index is 12.5. The van der Waals surface area contributed by atoms with Gasteiger partial charge in [0.1, 0.15) is 5.60 Å². The van der Waals surface area contributed by atoms with E-state index < -0.39 is 5.60 Å². The highest BCUT2D eigenvalue weighted by atomic mass is 16.6. The van der Waals surface area contributed by atoms with Gasteiger partial charge in [-0.2, -0.15) is 5.10 Å². The zero-order valence-corrected chi connectivity index (χ0v) is 16.8. The first kappa shape index (κ1) is 19.3. The summed E-state index contributed by atoms with van der Waals surface area (Å²) in [7, 11) is 0. The first-order valence-electron chi connectivity index (χ1n) is 9.58. The monoisotopic (exact) mass is 371 g/mol. The lowest BCUT2D eigenvalue weighted by Crippen LogP contribution is -2.42. The number of nitrogens with zero attached hydrogens (tertiary/aromatic N) is 5. The van der Waals surface area contributed by atoms with Crippen LogP contribution in [0.1, 0.15) is 65.1 Å². The largest absolute Gasteiger partial charge is 0.444 e. The summed E-state index contributed by atoms with van der Waals surface area (Å²) in [6, 6.07) is 0.288. The maximum Gasteiger partial charge on any atom is 0.410 e. The lowest BCUT2D eigenvalue weighted by molar-refractivity contribution is 0.0197. The molecular formula is C20H29N5O2. The number of amides is 1. The van der Waals surface area contributed by atoms with E-state index in [1.165, 1.54) is 0 Å². The lowest BCUT2D eigenvalue weighted by atomic mass is 9.92. The fourth-order valence-electron chi connectivity index (χ4n) is 3.31. The van der Waals surface area contributed by atoms with E-state index in [-0.39, 0.29) is 18.1 Å². The number of aromatic nitrogens is 4. The molecule has 0 bridgehead atoms. The number of carbonyl (C=O) groups excluding carboxylic acids is 1. The minimum Gasteiger partial charge on any atom is -0.444 e. The Morgan fingerprint density at radius 2 is 2.00 bits per heavy atom. The Morgan fingerprint density at radius 3 is 2.67 bits per heavy atom. The number of ether oxygens (including phenoxy) is 1. The fraction of sp³-hybridized carbons (Fsp3) is 0.600. The first-order valence-corrected chi connectivity index (χ1v) is 9.58. The Balaban J connectivity index is 1.83. The molecule has 7 heteroatoms. The van der Waals surface area contributed by atoms with Crippen molar-refractivity contribution in [2.45, 2.75) is 65.0 Å². The van der Waals surface area contributed by atoms with E-state index in [4.69, 9.17) is 4.74 Å². The van der Waals surface area contributed by atoms with Crippen molar-refractivity contribution in [3.63, 3.8) is 0 Å². The van der Waals surface area contributed by atoms with Gasteiger partial charge in [-0.3, -0.25) is 14.6 Å². The van der Waals surface area contributed by atoms with Gasteiger partial charge >= 0.3 is 6.09 Å². The average molecular weight is 371 g/mol. The summed E-state index contributed by atoms with van der Waals surface area (Å²) in [5, 5.41) is 4.43. The standard InChI is InChI=1S/C20H29N5O2/c1-14(2)25-13-16(11-23-25)18-17(21-8-9-22-18)15-7-6-10-24(12-15)19(26)27-20(3,4)5/h8-9,11,13-15H,6-7,10,12H2,1-5H3. The summed E-state index contributed by atoms with van der Waals surface area (Å²) in [4.78, 5) is 23.5. The first-order chi connectivity index (χ1) is 12.7. The van der Waals surface area contributed by atoms with Crippen LogP contribution in [0.3, 0.4) is 0 Å². The van der Waals surface area contributed by atoms with Gasteiger partial charge < -0.3 is 9.64 Å². The molecular weight excluding hydrogens is 342 g/mol. The van der Waals surface area contributed by atoms with Gasteiger partial charge in [0.2, 0.25) is 0 Å². The molecule has 1 amide bonds. The van der Waals surface area contributed by atoms with Crippen LogP contribution < -0.4 is 0 Å². The van der Waals surface area contributed by atoms with Gasteiger partial charge in [-0.05, 0) is 47.5 Å². The third-order valence-corrected chi connectivity index (χ3v) is 4.59. The third-order valence-electron chi connectivity index (χ3n) is 4.59. The Labute approximate surface area is 160 Å². The Morgan fingerprint density at radius 1 is 1.26 bits per heavy atom. The van der Waals surface area contributed by atoms with Crippen LogP contribution in [0, 0.1) is 0 Å². The molecule has 2 aromatic rings. The summed E-state index contributed by atoms with van der Waals surface area (Å²) < 4.78 is 7.46. The van der Waals surface area contributed by atoms with Crippen molar-refractivity contribution in [1.29, 1.82) is 0 Å². The lowest BCUT2D eigenvalue weighted by Gasteiger charge is -2.34. The molecule has 0 saturated carbocycles. The van der Waals surface area contributed by atoms with E-state index in [1.807, 2.05) is 37.8 Å². The molecule has 7 nitrogen and oxygen atoms in total. The molecule has 1 aliphatic heterocycles. The van der Waals surface area contributed by atoms with Gasteiger partial charge in [0.05, 0.1) is 17.6 Å². The molecule has 27 heavy (non-hydrogen) atoms. The van der Waals surface area contributed by atoms with Crippen LogP contribution >= 0.6 is 0 Å². The van der Waals surface area contributed by atoms with Crippen LogP contribution in [-0.2, 0) is 4.74 Å². The van der Waals surface area contributed by atoms with E-state index in [1.54, 1.807) is 17.3 Å². The normalized spacial score (nSPS) is 18.0. The van der Waals surface area contributed by atoms with E-state index in [0.717, 1.165) is 29.8 Å². The number of hydrogen-bond donors (Lipinski definition) is 0. The minimum absolute atomic E-state index is 0.136. The number of carbonyl (C=O) groups is 1. The molecule has 0 aliphatic carbocycles. The zero-order valence-electron chi connectivity index (χ0n) is 16.8. The molecule has 1 fully saturated rings. The van der Waals surface area contributed by atoms with Gasteiger partial charge in [0.25, 0.3) is 0 Å². The summed E-state index contributed by atoms with van der Waals surface area (Å²) >= 11 is 0. The predicted molar refractivity (Wildman–Crippen MR) is 103 cm³/mol. The van der Waals surface area contributed by atoms with Crippen molar-refractivity contribution in [2.75, 3.05) is 13.1 Å². The topological polar surface area (TPSA) is 73.1 Å². The van der Waals surface area contributed by atoms with E-state index in [9.17, 15) is 4.79 Å². The van der Waals surface area contributed by atoms with E-state index in [2.05, 4.69) is 28.9 Å². The summed E-state index contributed by atoms with van der Waals surface area (Å²) in [5.41, 5.74) is 2.24. The minimum atomic E-state index is -0.493. The molecule has 0 radical (unpaired) electrons. The Kier molecular flexibility index (Phi) is 5.48. The van der Waals surface area contributed by atoms with Gasteiger partial charge in [-0.1, -0.05) is 0 Å². The molecule has 1 saturated heterocycles. The second-order valence-electron chi connectivity index (χ2n) is 8.36. The van der Waals surface area contributed by atoms with Crippen molar-refractivity contribution in [3.8, 4) is 11.3 Å². The number of piperidine rings is 1. The van der Waals surface area contributed by atoms with Gasteiger partial charge in [-0.25, -0.2) is 4.79 Å². The molecule has 1 atom stereocenters. The van der Waals surface area contributed by atoms with Gasteiger partial charge in [0.15, 0.2) is 0 Å². The maximum absolute atomic E-state index is 12.5. The molecule has 0 N–H and O–H groups in total.